The average Bonchev–Trinajstić information content (AvgIpc) is 2.72. The molecule has 1 unspecified atom stereocenters. The van der Waals surface area contributed by atoms with E-state index in [0.717, 1.165) is 18.6 Å². The Hall–Kier alpha value is -2.28. The number of unbranched alkanes of at least 4 members (excludes halogenated alkanes) is 1. The number of hydrogen-bond acceptors (Lipinski definition) is 4. The van der Waals surface area contributed by atoms with Gasteiger partial charge in [-0.3, -0.25) is 4.79 Å². The first kappa shape index (κ1) is 27.8. The van der Waals surface area contributed by atoms with Crippen LogP contribution in [-0.2, 0) is 4.74 Å². The molecule has 10 heteroatoms. The maximum atomic E-state index is 14.1. The number of benzene rings is 1. The summed E-state index contributed by atoms with van der Waals surface area (Å²) in [6.45, 7) is 5.57. The van der Waals surface area contributed by atoms with Crippen LogP contribution in [-0.4, -0.2) is 29.5 Å². The second-order valence-electron chi connectivity index (χ2n) is 7.47. The quantitative estimate of drug-likeness (QED) is 0.215. The van der Waals surface area contributed by atoms with Gasteiger partial charge in [-0.1, -0.05) is 20.3 Å². The largest absolute Gasteiger partial charge is 0.494 e. The van der Waals surface area contributed by atoms with Gasteiger partial charge in [-0.25, -0.2) is 8.78 Å². The number of carbonyl (C=O) groups is 1. The van der Waals surface area contributed by atoms with Gasteiger partial charge in [0.1, 0.15) is 12.4 Å². The number of amides is 1. The Kier molecular flexibility index (Phi) is 10.0. The van der Waals surface area contributed by atoms with Gasteiger partial charge in [-0.05, 0) is 56.3 Å². The van der Waals surface area contributed by atoms with Crippen LogP contribution in [0.2, 0.25) is 0 Å². The summed E-state index contributed by atoms with van der Waals surface area (Å²) >= 11 is -0.307. The van der Waals surface area contributed by atoms with Crippen molar-refractivity contribution >= 4 is 17.7 Å². The highest BCUT2D eigenvalue weighted by Gasteiger charge is 2.34. The molecule has 0 radical (unpaired) electrons. The van der Waals surface area contributed by atoms with Crippen molar-refractivity contribution in [2.45, 2.75) is 75.2 Å². The van der Waals surface area contributed by atoms with E-state index in [-0.39, 0.29) is 46.6 Å². The number of alkyl halides is 5. The Balaban J connectivity index is 2.95. The molecular weight excluding hydrogens is 451 g/mol. The van der Waals surface area contributed by atoms with Crippen molar-refractivity contribution in [2.24, 2.45) is 0 Å². The Morgan fingerprint density at radius 1 is 1.16 bits per heavy atom. The number of carbonyl (C=O) groups excluding carboxylic acids is 1. The molecule has 0 aromatic heterocycles. The van der Waals surface area contributed by atoms with E-state index in [2.05, 4.69) is 5.32 Å². The molecule has 0 spiro atoms. The first-order valence-corrected chi connectivity index (χ1v) is 10.9. The van der Waals surface area contributed by atoms with Crippen LogP contribution in [0.1, 0.15) is 63.7 Å². The fourth-order valence-electron chi connectivity index (χ4n) is 2.63. The maximum absolute atomic E-state index is 14.1. The highest BCUT2D eigenvalue weighted by atomic mass is 32.2. The highest BCUT2D eigenvalue weighted by molar-refractivity contribution is 8.00. The molecule has 4 nitrogen and oxygen atoms in total. The van der Waals surface area contributed by atoms with Crippen LogP contribution in [0, 0.1) is 11.3 Å². The van der Waals surface area contributed by atoms with Gasteiger partial charge in [-0.2, -0.15) is 18.4 Å². The van der Waals surface area contributed by atoms with Gasteiger partial charge < -0.3 is 10.1 Å². The average molecular weight is 479 g/mol. The van der Waals surface area contributed by atoms with Crippen molar-refractivity contribution in [3.8, 4) is 6.07 Å². The van der Waals surface area contributed by atoms with Gasteiger partial charge in [0.05, 0.1) is 6.07 Å². The molecule has 0 bridgehead atoms. The summed E-state index contributed by atoms with van der Waals surface area (Å²) in [6, 6.07) is 6.62. The molecule has 1 N–H and O–H groups in total. The predicted octanol–water partition coefficient (Wildman–Crippen LogP) is 6.84. The zero-order chi connectivity index (χ0) is 24.6. The van der Waals surface area contributed by atoms with Crippen LogP contribution >= 0.6 is 11.8 Å². The second-order valence-corrected chi connectivity index (χ2v) is 8.61. The number of thioether (sulfide) groups is 1. The number of hydrogen-bond donors (Lipinski definition) is 1. The number of rotatable bonds is 11. The standard InChI is InChI=1S/C22H27F5N2O2S/c1-5-7-8-18(15(3)21(23,24)6-2)31-14-20(4,13-28)29-19(30)16-9-11-17(12-10-16)32-22(25,26)27/h9-12H,5-8,14H2,1-4H3,(H,29,30)/b18-15-. The van der Waals surface area contributed by atoms with Crippen molar-refractivity contribution in [3.05, 3.63) is 41.2 Å². The van der Waals surface area contributed by atoms with Crippen molar-refractivity contribution in [2.75, 3.05) is 6.61 Å². The first-order chi connectivity index (χ1) is 14.8. The molecule has 1 aromatic rings. The van der Waals surface area contributed by atoms with Crippen LogP contribution in [0.25, 0.3) is 0 Å². The normalized spacial score (nSPS) is 14.8. The lowest BCUT2D eigenvalue weighted by Gasteiger charge is -2.26. The second kappa shape index (κ2) is 11.5. The Labute approximate surface area is 189 Å². The van der Waals surface area contributed by atoms with Crippen molar-refractivity contribution in [1.82, 2.24) is 5.32 Å². The zero-order valence-electron chi connectivity index (χ0n) is 18.4. The monoisotopic (exact) mass is 478 g/mol. The zero-order valence-corrected chi connectivity index (χ0v) is 19.2. The van der Waals surface area contributed by atoms with E-state index in [4.69, 9.17) is 4.74 Å². The minimum Gasteiger partial charge on any atom is -0.494 e. The van der Waals surface area contributed by atoms with Crippen molar-refractivity contribution in [3.63, 3.8) is 0 Å². The number of allylic oxidation sites excluding steroid dienone is 2. The fraction of sp³-hybridized carbons (Fsp3) is 0.545. The molecule has 0 aliphatic rings. The summed E-state index contributed by atoms with van der Waals surface area (Å²) in [5.41, 5.74) is -6.15. The SMILES string of the molecule is CCCC/C(OCC(C)(C#N)NC(=O)c1ccc(SC(F)(F)F)cc1)=C(\C)C(F)(F)CC. The van der Waals surface area contributed by atoms with Gasteiger partial charge >= 0.3 is 5.51 Å². The van der Waals surface area contributed by atoms with E-state index in [1.807, 2.05) is 13.0 Å². The van der Waals surface area contributed by atoms with E-state index < -0.39 is 29.3 Å². The van der Waals surface area contributed by atoms with E-state index >= 15 is 0 Å². The molecule has 1 rings (SSSR count). The van der Waals surface area contributed by atoms with Crippen LogP contribution in [0.4, 0.5) is 22.0 Å². The topological polar surface area (TPSA) is 62.1 Å². The maximum Gasteiger partial charge on any atom is 0.446 e. The van der Waals surface area contributed by atoms with E-state index in [1.165, 1.54) is 32.9 Å². The number of ether oxygens (including phenoxy) is 1. The summed E-state index contributed by atoms with van der Waals surface area (Å²) < 4.78 is 71.2. The van der Waals surface area contributed by atoms with Crippen LogP contribution < -0.4 is 5.32 Å². The smallest absolute Gasteiger partial charge is 0.446 e. The first-order valence-electron chi connectivity index (χ1n) is 10.1. The molecule has 0 aliphatic heterocycles. The molecule has 178 valence electrons. The molecule has 0 fully saturated rings. The molecule has 0 saturated carbocycles. The van der Waals surface area contributed by atoms with Crippen molar-refractivity contribution < 1.29 is 31.5 Å². The van der Waals surface area contributed by atoms with E-state index in [9.17, 15) is 32.0 Å². The molecule has 32 heavy (non-hydrogen) atoms. The van der Waals surface area contributed by atoms with Gasteiger partial charge in [-0.15, -0.1) is 0 Å². The van der Waals surface area contributed by atoms with Crippen LogP contribution in [0.3, 0.4) is 0 Å². The summed E-state index contributed by atoms with van der Waals surface area (Å²) in [4.78, 5) is 12.4. The summed E-state index contributed by atoms with van der Waals surface area (Å²) in [5.74, 6) is -3.66. The number of nitrogens with zero attached hydrogens (tertiary/aromatic N) is 1. The van der Waals surface area contributed by atoms with Gasteiger partial charge in [0.15, 0.2) is 5.54 Å². The number of halogens is 5. The van der Waals surface area contributed by atoms with E-state index in [1.54, 1.807) is 0 Å². The lowest BCUT2D eigenvalue weighted by Crippen LogP contribution is -2.48. The van der Waals surface area contributed by atoms with E-state index in [0.29, 0.717) is 6.42 Å². The van der Waals surface area contributed by atoms with Crippen LogP contribution in [0.5, 0.6) is 0 Å². The fourth-order valence-corrected chi connectivity index (χ4v) is 3.17. The molecule has 1 amide bonds. The summed E-state index contributed by atoms with van der Waals surface area (Å²) in [7, 11) is 0. The predicted molar refractivity (Wildman–Crippen MR) is 113 cm³/mol. The van der Waals surface area contributed by atoms with Gasteiger partial charge in [0.2, 0.25) is 0 Å². The molecule has 0 aliphatic carbocycles. The minimum absolute atomic E-state index is 0.0495. The molecule has 1 atom stereocenters. The lowest BCUT2D eigenvalue weighted by atomic mass is 10.0. The number of nitrogens with one attached hydrogen (secondary N) is 1. The van der Waals surface area contributed by atoms with Crippen LogP contribution in [0.15, 0.2) is 40.5 Å². The number of nitriles is 1. The third kappa shape index (κ3) is 8.69. The molecule has 0 saturated heterocycles. The lowest BCUT2D eigenvalue weighted by molar-refractivity contribution is -0.0328. The third-order valence-electron chi connectivity index (χ3n) is 4.69. The van der Waals surface area contributed by atoms with Crippen molar-refractivity contribution in [1.29, 1.82) is 5.26 Å². The molecule has 1 aromatic carbocycles. The highest BCUT2D eigenvalue weighted by Crippen LogP contribution is 2.36. The molecular formula is C22H27F5N2O2S. The summed E-state index contributed by atoms with van der Waals surface area (Å²) in [5, 5.41) is 12.0. The molecule has 0 heterocycles. The van der Waals surface area contributed by atoms with Gasteiger partial charge in [0.25, 0.3) is 11.8 Å². The minimum atomic E-state index is -4.45. The Bertz CT molecular complexity index is 847. The summed E-state index contributed by atoms with van der Waals surface area (Å²) in [6.07, 6.45) is 1.25. The Morgan fingerprint density at radius 2 is 1.75 bits per heavy atom. The third-order valence-corrected chi connectivity index (χ3v) is 5.43. The Morgan fingerprint density at radius 3 is 2.22 bits per heavy atom. The van der Waals surface area contributed by atoms with Gasteiger partial charge in [0, 0.05) is 28.9 Å².